The van der Waals surface area contributed by atoms with E-state index in [1.165, 1.54) is 17.3 Å². The number of rotatable bonds is 7. The SMILES string of the molecule is Cc1nc(S[C@@H](C)c2ccccc2)[nH]c(=O)c1CC(=O)NCc1cccs1. The van der Waals surface area contributed by atoms with Crippen molar-refractivity contribution < 1.29 is 4.79 Å². The van der Waals surface area contributed by atoms with Crippen LogP contribution in [0.4, 0.5) is 0 Å². The molecule has 0 aliphatic rings. The van der Waals surface area contributed by atoms with Gasteiger partial charge >= 0.3 is 0 Å². The van der Waals surface area contributed by atoms with Gasteiger partial charge in [-0.2, -0.15) is 0 Å². The van der Waals surface area contributed by atoms with E-state index in [9.17, 15) is 9.59 Å². The molecule has 0 saturated carbocycles. The number of carbonyl (C=O) groups excluding carboxylic acids is 1. The van der Waals surface area contributed by atoms with Gasteiger partial charge in [-0.1, -0.05) is 48.2 Å². The standard InChI is InChI=1S/C20H21N3O2S2/c1-13-17(11-18(24)21-12-16-9-6-10-26-16)19(25)23-20(22-13)27-14(2)15-7-4-3-5-8-15/h3-10,14H,11-12H2,1-2H3,(H,21,24)(H,22,23,25)/t14-/m0/s1. The lowest BCUT2D eigenvalue weighted by molar-refractivity contribution is -0.120. The third kappa shape index (κ3) is 5.30. The molecule has 0 saturated heterocycles. The van der Waals surface area contributed by atoms with Crippen molar-refractivity contribution in [1.29, 1.82) is 0 Å². The van der Waals surface area contributed by atoms with E-state index in [0.717, 1.165) is 4.88 Å². The molecule has 5 nitrogen and oxygen atoms in total. The topological polar surface area (TPSA) is 74.8 Å². The Kier molecular flexibility index (Phi) is 6.47. The summed E-state index contributed by atoms with van der Waals surface area (Å²) in [6.07, 6.45) is 0.0265. The first-order chi connectivity index (χ1) is 13.0. The third-order valence-electron chi connectivity index (χ3n) is 4.14. The van der Waals surface area contributed by atoms with Gasteiger partial charge in [0, 0.05) is 21.4 Å². The first kappa shape index (κ1) is 19.4. The summed E-state index contributed by atoms with van der Waals surface area (Å²) in [5.74, 6) is -0.183. The van der Waals surface area contributed by atoms with Gasteiger partial charge in [-0.25, -0.2) is 4.98 Å². The number of hydrogen-bond acceptors (Lipinski definition) is 5. The smallest absolute Gasteiger partial charge is 0.255 e. The Balaban J connectivity index is 1.65. The van der Waals surface area contributed by atoms with Crippen molar-refractivity contribution >= 4 is 29.0 Å². The number of carbonyl (C=O) groups is 1. The number of thiophene rings is 1. The minimum absolute atomic E-state index is 0.0265. The van der Waals surface area contributed by atoms with Gasteiger partial charge < -0.3 is 10.3 Å². The van der Waals surface area contributed by atoms with Gasteiger partial charge in [0.05, 0.1) is 13.0 Å². The van der Waals surface area contributed by atoms with Crippen LogP contribution in [-0.2, 0) is 17.8 Å². The number of nitrogens with zero attached hydrogens (tertiary/aromatic N) is 1. The van der Waals surface area contributed by atoms with Gasteiger partial charge in [0.2, 0.25) is 5.91 Å². The van der Waals surface area contributed by atoms with Crippen LogP contribution in [0.1, 0.15) is 33.9 Å². The molecule has 0 unspecified atom stereocenters. The molecule has 0 fully saturated rings. The maximum Gasteiger partial charge on any atom is 0.255 e. The highest BCUT2D eigenvalue weighted by molar-refractivity contribution is 7.99. The zero-order valence-corrected chi connectivity index (χ0v) is 16.8. The second-order valence-electron chi connectivity index (χ2n) is 6.14. The van der Waals surface area contributed by atoms with Crippen LogP contribution in [0.25, 0.3) is 0 Å². The van der Waals surface area contributed by atoms with E-state index in [-0.39, 0.29) is 23.1 Å². The number of aromatic amines is 1. The van der Waals surface area contributed by atoms with E-state index in [2.05, 4.69) is 34.3 Å². The molecule has 2 N–H and O–H groups in total. The molecule has 1 atom stereocenters. The molecule has 0 aliphatic carbocycles. The normalized spacial score (nSPS) is 11.9. The van der Waals surface area contributed by atoms with Crippen LogP contribution in [0.3, 0.4) is 0 Å². The zero-order chi connectivity index (χ0) is 19.2. The number of H-pyrrole nitrogens is 1. The molecule has 0 bridgehead atoms. The highest BCUT2D eigenvalue weighted by Crippen LogP contribution is 2.32. The lowest BCUT2D eigenvalue weighted by atomic mass is 10.1. The van der Waals surface area contributed by atoms with Crippen molar-refractivity contribution in [2.45, 2.75) is 37.2 Å². The van der Waals surface area contributed by atoms with E-state index in [0.29, 0.717) is 23.0 Å². The van der Waals surface area contributed by atoms with Crippen LogP contribution in [0.2, 0.25) is 0 Å². The predicted molar refractivity (Wildman–Crippen MR) is 110 cm³/mol. The van der Waals surface area contributed by atoms with Crippen molar-refractivity contribution in [2.75, 3.05) is 0 Å². The van der Waals surface area contributed by atoms with Crippen LogP contribution in [0.15, 0.2) is 57.8 Å². The van der Waals surface area contributed by atoms with Crippen LogP contribution in [0.5, 0.6) is 0 Å². The second kappa shape index (κ2) is 9.01. The predicted octanol–water partition coefficient (Wildman–Crippen LogP) is 3.85. The second-order valence-corrected chi connectivity index (χ2v) is 8.50. The van der Waals surface area contributed by atoms with Gasteiger partial charge in [0.15, 0.2) is 5.16 Å². The number of aryl methyl sites for hydroxylation is 1. The Hall–Kier alpha value is -2.38. The lowest BCUT2D eigenvalue weighted by Crippen LogP contribution is -2.28. The van der Waals surface area contributed by atoms with Crippen LogP contribution >= 0.6 is 23.1 Å². The summed E-state index contributed by atoms with van der Waals surface area (Å²) in [4.78, 5) is 33.0. The third-order valence-corrected chi connectivity index (χ3v) is 6.05. The summed E-state index contributed by atoms with van der Waals surface area (Å²) in [6, 6.07) is 14.0. The van der Waals surface area contributed by atoms with Gasteiger partial charge in [-0.15, -0.1) is 11.3 Å². The molecule has 0 aliphatic heterocycles. The number of nitrogens with one attached hydrogen (secondary N) is 2. The monoisotopic (exact) mass is 399 g/mol. The summed E-state index contributed by atoms with van der Waals surface area (Å²) in [5, 5.41) is 5.53. The molecule has 0 radical (unpaired) electrons. The van der Waals surface area contributed by atoms with Crippen molar-refractivity contribution in [2.24, 2.45) is 0 Å². The molecule has 2 aromatic heterocycles. The molecular weight excluding hydrogens is 378 g/mol. The fourth-order valence-corrected chi connectivity index (χ4v) is 4.24. The summed E-state index contributed by atoms with van der Waals surface area (Å²) in [5.41, 5.74) is 1.92. The summed E-state index contributed by atoms with van der Waals surface area (Å²) < 4.78 is 0. The minimum Gasteiger partial charge on any atom is -0.351 e. The van der Waals surface area contributed by atoms with Crippen molar-refractivity contribution in [3.05, 3.63) is 79.9 Å². The fourth-order valence-electron chi connectivity index (χ4n) is 2.63. The number of amides is 1. The van der Waals surface area contributed by atoms with Crippen LogP contribution in [0, 0.1) is 6.92 Å². The van der Waals surface area contributed by atoms with Crippen LogP contribution in [-0.4, -0.2) is 15.9 Å². The quantitative estimate of drug-likeness (QED) is 0.467. The number of thioether (sulfide) groups is 1. The average Bonchev–Trinajstić information content (AvgIpc) is 3.17. The molecule has 2 heterocycles. The summed E-state index contributed by atoms with van der Waals surface area (Å²) >= 11 is 3.08. The number of hydrogen-bond donors (Lipinski definition) is 2. The van der Waals surface area contributed by atoms with Gasteiger partial charge in [0.1, 0.15) is 0 Å². The summed E-state index contributed by atoms with van der Waals surface area (Å²) in [6.45, 7) is 4.32. The highest BCUT2D eigenvalue weighted by Gasteiger charge is 2.15. The largest absolute Gasteiger partial charge is 0.351 e. The Labute approximate surface area is 166 Å². The van der Waals surface area contributed by atoms with Crippen LogP contribution < -0.4 is 10.9 Å². The number of aromatic nitrogens is 2. The maximum atomic E-state index is 12.5. The molecule has 27 heavy (non-hydrogen) atoms. The fraction of sp³-hybridized carbons (Fsp3) is 0.250. The first-order valence-corrected chi connectivity index (χ1v) is 10.4. The van der Waals surface area contributed by atoms with E-state index in [4.69, 9.17) is 0 Å². The Morgan fingerprint density at radius 2 is 2.04 bits per heavy atom. The maximum absolute atomic E-state index is 12.5. The molecular formula is C20H21N3O2S2. The van der Waals surface area contributed by atoms with E-state index < -0.39 is 0 Å². The highest BCUT2D eigenvalue weighted by atomic mass is 32.2. The molecule has 7 heteroatoms. The molecule has 1 aromatic carbocycles. The Morgan fingerprint density at radius 1 is 1.26 bits per heavy atom. The average molecular weight is 400 g/mol. The van der Waals surface area contributed by atoms with Gasteiger partial charge in [-0.05, 0) is 30.9 Å². The molecule has 0 spiro atoms. The summed E-state index contributed by atoms with van der Waals surface area (Å²) in [7, 11) is 0. The lowest BCUT2D eigenvalue weighted by Gasteiger charge is -2.12. The van der Waals surface area contributed by atoms with Gasteiger partial charge in [0.25, 0.3) is 5.56 Å². The molecule has 3 rings (SSSR count). The molecule has 1 amide bonds. The van der Waals surface area contributed by atoms with Crippen molar-refractivity contribution in [1.82, 2.24) is 15.3 Å². The molecule has 140 valence electrons. The van der Waals surface area contributed by atoms with E-state index in [1.54, 1.807) is 18.3 Å². The zero-order valence-electron chi connectivity index (χ0n) is 15.2. The van der Waals surface area contributed by atoms with E-state index in [1.807, 2.05) is 35.7 Å². The first-order valence-electron chi connectivity index (χ1n) is 8.63. The van der Waals surface area contributed by atoms with Crippen molar-refractivity contribution in [3.8, 4) is 0 Å². The Bertz CT molecular complexity index is 953. The number of benzene rings is 1. The Morgan fingerprint density at radius 3 is 2.70 bits per heavy atom. The van der Waals surface area contributed by atoms with Gasteiger partial charge in [-0.3, -0.25) is 9.59 Å². The minimum atomic E-state index is -0.253. The van der Waals surface area contributed by atoms with E-state index >= 15 is 0 Å². The van der Waals surface area contributed by atoms with Crippen molar-refractivity contribution in [3.63, 3.8) is 0 Å². The molecule has 3 aromatic rings.